The highest BCUT2D eigenvalue weighted by atomic mass is 127. The molecule has 1 saturated heterocycles. The van der Waals surface area contributed by atoms with Crippen LogP contribution in [0.5, 0.6) is 0 Å². The van der Waals surface area contributed by atoms with Crippen LogP contribution in [0.4, 0.5) is 0 Å². The molecule has 0 aliphatic carbocycles. The van der Waals surface area contributed by atoms with Crippen molar-refractivity contribution in [3.05, 3.63) is 0 Å². The van der Waals surface area contributed by atoms with Crippen molar-refractivity contribution in [1.29, 1.82) is 0 Å². The quantitative estimate of drug-likeness (QED) is 0.346. The van der Waals surface area contributed by atoms with Crippen molar-refractivity contribution >= 4 is 22.6 Å². The van der Waals surface area contributed by atoms with E-state index in [-0.39, 0.29) is 14.6 Å². The molecule has 90 valence electrons. The fourth-order valence-electron chi connectivity index (χ4n) is 2.84. The van der Waals surface area contributed by atoms with Gasteiger partial charge in [-0.2, -0.15) is 5.06 Å². The van der Waals surface area contributed by atoms with Gasteiger partial charge in [-0.05, 0) is 50.3 Å². The Kier molecular flexibility index (Phi) is 3.01. The van der Waals surface area contributed by atoms with E-state index in [1.165, 1.54) is 5.06 Å². The predicted molar refractivity (Wildman–Crippen MR) is 71.2 cm³/mol. The smallest absolute Gasteiger partial charge is 0.171 e. The molecule has 4 heteroatoms. The van der Waals surface area contributed by atoms with E-state index in [4.69, 9.17) is 0 Å². The predicted octanol–water partition coefficient (Wildman–Crippen LogP) is 2.48. The maximum atomic E-state index is 10.3. The summed E-state index contributed by atoms with van der Waals surface area (Å²) in [6, 6.07) is 0. The minimum atomic E-state index is -0.227. The maximum Gasteiger partial charge on any atom is 0.171 e. The monoisotopic (exact) mass is 327 g/mol. The molecule has 0 bridgehead atoms. The van der Waals surface area contributed by atoms with Crippen LogP contribution in [0.25, 0.3) is 0 Å². The highest BCUT2D eigenvalue weighted by Gasteiger charge is 2.66. The molecule has 0 radical (unpaired) electrons. The largest absolute Gasteiger partial charge is 0.316 e. The number of alkyl halides is 1. The molecule has 0 saturated carbocycles. The molecule has 1 heterocycles. The minimum absolute atomic E-state index is 0.0169. The van der Waals surface area contributed by atoms with Crippen molar-refractivity contribution in [2.75, 3.05) is 21.1 Å². The summed E-state index contributed by atoms with van der Waals surface area (Å²) in [5, 5.41) is 11.8. The summed E-state index contributed by atoms with van der Waals surface area (Å²) >= 11 is 2.53. The molecule has 1 rings (SSSR count). The van der Waals surface area contributed by atoms with E-state index in [1.807, 2.05) is 0 Å². The Bertz CT molecular complexity index is 267. The number of hydroxylamine groups is 2. The minimum Gasteiger partial charge on any atom is -0.316 e. The number of nitrogens with zero attached hydrogens (tertiary/aromatic N) is 2. The fraction of sp³-hybridized carbons (Fsp3) is 1.00. The lowest BCUT2D eigenvalue weighted by atomic mass is 9.92. The molecule has 1 aliphatic rings. The summed E-state index contributed by atoms with van der Waals surface area (Å²) in [4.78, 5) is 0. The number of rotatable bonds is 1. The lowest BCUT2D eigenvalue weighted by molar-refractivity contribution is -0.905. The van der Waals surface area contributed by atoms with Gasteiger partial charge >= 0.3 is 0 Å². The SMILES string of the molecule is CC1(C)CC(I)([N+](C)(C)C)C(C)(C)N1O. The van der Waals surface area contributed by atoms with Crippen molar-refractivity contribution < 1.29 is 9.69 Å². The third kappa shape index (κ3) is 1.73. The van der Waals surface area contributed by atoms with E-state index in [2.05, 4.69) is 71.4 Å². The Hall–Kier alpha value is 0.610. The Morgan fingerprint density at radius 1 is 1.13 bits per heavy atom. The summed E-state index contributed by atoms with van der Waals surface area (Å²) in [6.45, 7) is 8.45. The maximum absolute atomic E-state index is 10.3. The second kappa shape index (κ2) is 3.31. The van der Waals surface area contributed by atoms with Crippen LogP contribution >= 0.6 is 22.6 Å². The van der Waals surface area contributed by atoms with E-state index in [0.29, 0.717) is 0 Å². The lowest BCUT2D eigenvalue weighted by Crippen LogP contribution is -2.64. The highest BCUT2D eigenvalue weighted by molar-refractivity contribution is 14.1. The van der Waals surface area contributed by atoms with Gasteiger partial charge in [0.2, 0.25) is 0 Å². The van der Waals surface area contributed by atoms with Gasteiger partial charge in [0.05, 0.1) is 21.1 Å². The van der Waals surface area contributed by atoms with Crippen LogP contribution in [-0.4, -0.2) is 50.5 Å². The Labute approximate surface area is 107 Å². The van der Waals surface area contributed by atoms with Gasteiger partial charge in [-0.25, -0.2) is 0 Å². The first-order valence-electron chi connectivity index (χ1n) is 5.36. The van der Waals surface area contributed by atoms with Crippen LogP contribution in [0.15, 0.2) is 0 Å². The molecule has 1 unspecified atom stereocenters. The van der Waals surface area contributed by atoms with Crippen molar-refractivity contribution in [3.63, 3.8) is 0 Å². The topological polar surface area (TPSA) is 23.5 Å². The van der Waals surface area contributed by atoms with Crippen LogP contribution < -0.4 is 0 Å². The van der Waals surface area contributed by atoms with E-state index in [0.717, 1.165) is 10.9 Å². The zero-order valence-electron chi connectivity index (χ0n) is 10.9. The average molecular weight is 327 g/mol. The van der Waals surface area contributed by atoms with Crippen molar-refractivity contribution in [2.24, 2.45) is 0 Å². The average Bonchev–Trinajstić information content (AvgIpc) is 2.09. The van der Waals surface area contributed by atoms with Crippen LogP contribution in [0.2, 0.25) is 0 Å². The fourth-order valence-corrected chi connectivity index (χ4v) is 4.00. The first kappa shape index (κ1) is 13.7. The van der Waals surface area contributed by atoms with E-state index in [1.54, 1.807) is 0 Å². The normalized spacial score (nSPS) is 35.8. The second-order valence-corrected chi connectivity index (χ2v) is 8.42. The first-order chi connectivity index (χ1) is 6.36. The Morgan fingerprint density at radius 2 is 1.53 bits per heavy atom. The molecule has 1 N–H and O–H groups in total. The summed E-state index contributed by atoms with van der Waals surface area (Å²) in [5.74, 6) is 0. The van der Waals surface area contributed by atoms with Crippen LogP contribution in [0, 0.1) is 0 Å². The lowest BCUT2D eigenvalue weighted by Gasteiger charge is -2.48. The van der Waals surface area contributed by atoms with Crippen LogP contribution in [0.3, 0.4) is 0 Å². The zero-order valence-corrected chi connectivity index (χ0v) is 13.1. The summed E-state index contributed by atoms with van der Waals surface area (Å²) in [6.07, 6.45) is 0.980. The Morgan fingerprint density at radius 3 is 1.67 bits per heavy atom. The van der Waals surface area contributed by atoms with Gasteiger partial charge in [0.25, 0.3) is 0 Å². The molecule has 0 aromatic carbocycles. The molecule has 1 fully saturated rings. The molecule has 3 nitrogen and oxygen atoms in total. The van der Waals surface area contributed by atoms with E-state index < -0.39 is 0 Å². The molecule has 15 heavy (non-hydrogen) atoms. The third-order valence-corrected chi connectivity index (χ3v) is 6.92. The van der Waals surface area contributed by atoms with Gasteiger partial charge in [0.1, 0.15) is 5.54 Å². The van der Waals surface area contributed by atoms with E-state index >= 15 is 0 Å². The number of likely N-dealkylation sites (N-methyl/N-ethyl adjacent to an activating group) is 1. The summed E-state index contributed by atoms with van der Waals surface area (Å²) in [5.41, 5.74) is -0.383. The summed E-state index contributed by atoms with van der Waals surface area (Å²) < 4.78 is 0.865. The van der Waals surface area contributed by atoms with Crippen molar-refractivity contribution in [1.82, 2.24) is 5.06 Å². The van der Waals surface area contributed by atoms with Gasteiger partial charge in [-0.15, -0.1) is 0 Å². The van der Waals surface area contributed by atoms with Gasteiger partial charge in [-0.1, -0.05) is 0 Å². The first-order valence-corrected chi connectivity index (χ1v) is 6.44. The third-order valence-electron chi connectivity index (χ3n) is 3.77. The number of hydrogen-bond donors (Lipinski definition) is 1. The zero-order chi connectivity index (χ0) is 12.3. The Balaban J connectivity index is 3.25. The molecule has 1 aliphatic heterocycles. The van der Waals surface area contributed by atoms with Gasteiger partial charge in [0, 0.05) is 12.0 Å². The summed E-state index contributed by atoms with van der Waals surface area (Å²) in [7, 11) is 6.59. The van der Waals surface area contributed by atoms with E-state index in [9.17, 15) is 5.21 Å². The van der Waals surface area contributed by atoms with Crippen LogP contribution in [0.1, 0.15) is 34.1 Å². The molecule has 0 amide bonds. The molecular weight excluding hydrogens is 303 g/mol. The number of quaternary nitrogens is 1. The van der Waals surface area contributed by atoms with Gasteiger partial charge in [-0.3, -0.25) is 0 Å². The molecule has 0 spiro atoms. The molecular formula is C11H24IN2O+. The molecule has 0 aromatic heterocycles. The molecule has 1 atom stereocenters. The van der Waals surface area contributed by atoms with Crippen molar-refractivity contribution in [3.8, 4) is 0 Å². The number of halogens is 1. The van der Waals surface area contributed by atoms with Gasteiger partial charge < -0.3 is 9.69 Å². The second-order valence-electron chi connectivity index (χ2n) is 6.63. The van der Waals surface area contributed by atoms with Crippen molar-refractivity contribution in [2.45, 2.75) is 48.7 Å². The standard InChI is InChI=1S/C11H24IN2O/c1-9(2)8-11(12,14(5,6)7)10(3,4)13(9)15/h15H,8H2,1-7H3/q+1. The highest BCUT2D eigenvalue weighted by Crippen LogP contribution is 2.54. The van der Waals surface area contributed by atoms with Crippen LogP contribution in [-0.2, 0) is 0 Å². The number of hydrogen-bond acceptors (Lipinski definition) is 2. The molecule has 0 aromatic rings. The van der Waals surface area contributed by atoms with Gasteiger partial charge in [0.15, 0.2) is 3.55 Å².